The van der Waals surface area contributed by atoms with Crippen LogP contribution < -0.4 is 0 Å². The third-order valence-corrected chi connectivity index (χ3v) is 3.49. The van der Waals surface area contributed by atoms with Crippen LogP contribution >= 0.6 is 0 Å². The van der Waals surface area contributed by atoms with Gasteiger partial charge in [-0.2, -0.15) is 0 Å². The predicted molar refractivity (Wildman–Crippen MR) is 68.6 cm³/mol. The smallest absolute Gasteiger partial charge is 0.257 e. The van der Waals surface area contributed by atoms with Gasteiger partial charge in [0.25, 0.3) is 5.91 Å². The molecule has 0 aliphatic carbocycles. The van der Waals surface area contributed by atoms with Gasteiger partial charge >= 0.3 is 0 Å². The van der Waals surface area contributed by atoms with Crippen molar-refractivity contribution in [1.82, 2.24) is 4.90 Å². The van der Waals surface area contributed by atoms with E-state index < -0.39 is 5.82 Å². The van der Waals surface area contributed by atoms with Gasteiger partial charge in [0.2, 0.25) is 0 Å². The highest BCUT2D eigenvalue weighted by Crippen LogP contribution is 2.23. The molecule has 0 unspecified atom stereocenters. The van der Waals surface area contributed by atoms with E-state index in [4.69, 9.17) is 4.74 Å². The molecule has 0 bridgehead atoms. The third-order valence-electron chi connectivity index (χ3n) is 3.49. The molecule has 2 rings (SSSR count). The lowest BCUT2D eigenvalue weighted by molar-refractivity contribution is 0.0610. The van der Waals surface area contributed by atoms with Crippen LogP contribution in [-0.2, 0) is 4.74 Å². The van der Waals surface area contributed by atoms with E-state index >= 15 is 0 Å². The molecule has 4 nitrogen and oxygen atoms in total. The molecule has 1 aliphatic heterocycles. The van der Waals surface area contributed by atoms with Gasteiger partial charge in [0.15, 0.2) is 0 Å². The second-order valence-electron chi connectivity index (χ2n) is 4.85. The molecule has 0 saturated carbocycles. The minimum Gasteiger partial charge on any atom is -0.507 e. The van der Waals surface area contributed by atoms with Crippen molar-refractivity contribution in [2.45, 2.75) is 12.8 Å². The van der Waals surface area contributed by atoms with E-state index in [2.05, 4.69) is 0 Å². The fraction of sp³-hybridized carbons (Fsp3) is 0.500. The van der Waals surface area contributed by atoms with E-state index in [1.54, 1.807) is 12.0 Å². The summed E-state index contributed by atoms with van der Waals surface area (Å²) in [6.45, 7) is 1.93. The molecule has 1 fully saturated rings. The van der Waals surface area contributed by atoms with E-state index in [9.17, 15) is 14.3 Å². The summed E-state index contributed by atoms with van der Waals surface area (Å²) < 4.78 is 18.2. The van der Waals surface area contributed by atoms with Gasteiger partial charge in [0.05, 0.1) is 5.56 Å². The first kappa shape index (κ1) is 13.8. The number of carbonyl (C=O) groups excluding carboxylic acids is 1. The van der Waals surface area contributed by atoms with E-state index in [-0.39, 0.29) is 17.2 Å². The van der Waals surface area contributed by atoms with Crippen LogP contribution in [0.25, 0.3) is 0 Å². The largest absolute Gasteiger partial charge is 0.507 e. The van der Waals surface area contributed by atoms with Gasteiger partial charge in [0, 0.05) is 26.8 Å². The number of phenols is 1. The molecule has 1 aromatic carbocycles. The molecule has 1 heterocycles. The van der Waals surface area contributed by atoms with Crippen molar-refractivity contribution in [2.24, 2.45) is 5.92 Å². The zero-order chi connectivity index (χ0) is 13.8. The summed E-state index contributed by atoms with van der Waals surface area (Å²) in [5.74, 6) is -0.538. The summed E-state index contributed by atoms with van der Waals surface area (Å²) in [6, 6.07) is 3.43. The number of hydrogen-bond donors (Lipinski definition) is 1. The number of halogens is 1. The summed E-state index contributed by atoms with van der Waals surface area (Å²) in [7, 11) is 1.67. The number of hydrogen-bond acceptors (Lipinski definition) is 3. The van der Waals surface area contributed by atoms with Crippen molar-refractivity contribution in [3.63, 3.8) is 0 Å². The third kappa shape index (κ3) is 3.23. The van der Waals surface area contributed by atoms with Crippen LogP contribution in [0.3, 0.4) is 0 Å². The van der Waals surface area contributed by atoms with Gasteiger partial charge in [-0.25, -0.2) is 4.39 Å². The number of ether oxygens (including phenoxy) is 1. The normalized spacial score (nSPS) is 16.6. The number of aromatic hydroxyl groups is 1. The number of carbonyl (C=O) groups is 1. The van der Waals surface area contributed by atoms with E-state index in [0.717, 1.165) is 25.0 Å². The lowest BCUT2D eigenvalue weighted by Crippen LogP contribution is -2.39. The zero-order valence-corrected chi connectivity index (χ0v) is 10.9. The Morgan fingerprint density at radius 2 is 2.16 bits per heavy atom. The van der Waals surface area contributed by atoms with Gasteiger partial charge in [-0.3, -0.25) is 4.79 Å². The van der Waals surface area contributed by atoms with Crippen molar-refractivity contribution >= 4 is 5.91 Å². The number of methoxy groups -OCH3 is 1. The Hall–Kier alpha value is -1.62. The Morgan fingerprint density at radius 1 is 1.47 bits per heavy atom. The predicted octanol–water partition coefficient (Wildman–Crippen LogP) is 2.03. The second-order valence-corrected chi connectivity index (χ2v) is 4.85. The maximum Gasteiger partial charge on any atom is 0.257 e. The van der Waals surface area contributed by atoms with E-state index in [1.807, 2.05) is 0 Å². The monoisotopic (exact) mass is 267 g/mol. The second kappa shape index (κ2) is 6.02. The Kier molecular flexibility index (Phi) is 4.37. The van der Waals surface area contributed by atoms with Crippen LogP contribution in [0.5, 0.6) is 5.75 Å². The molecule has 19 heavy (non-hydrogen) atoms. The van der Waals surface area contributed by atoms with Crippen molar-refractivity contribution in [2.75, 3.05) is 26.8 Å². The van der Waals surface area contributed by atoms with Gasteiger partial charge < -0.3 is 14.7 Å². The number of piperidine rings is 1. The summed E-state index contributed by atoms with van der Waals surface area (Å²) >= 11 is 0. The molecule has 5 heteroatoms. The first-order valence-corrected chi connectivity index (χ1v) is 6.38. The number of likely N-dealkylation sites (tertiary alicyclic amines) is 1. The highest BCUT2D eigenvalue weighted by Gasteiger charge is 2.25. The molecular formula is C14H18FNO3. The van der Waals surface area contributed by atoms with E-state index in [1.165, 1.54) is 6.07 Å². The Balaban J connectivity index is 2.03. The van der Waals surface area contributed by atoms with Crippen LogP contribution in [0.2, 0.25) is 0 Å². The van der Waals surface area contributed by atoms with Crippen molar-refractivity contribution in [3.8, 4) is 5.75 Å². The van der Waals surface area contributed by atoms with Gasteiger partial charge in [0.1, 0.15) is 11.6 Å². The lowest BCUT2D eigenvalue weighted by atomic mass is 9.97. The molecule has 0 atom stereocenters. The molecule has 1 N–H and O–H groups in total. The number of nitrogens with zero attached hydrogens (tertiary/aromatic N) is 1. The Labute approximate surface area is 111 Å². The number of amides is 1. The fourth-order valence-electron chi connectivity index (χ4n) is 2.39. The number of rotatable bonds is 3. The van der Waals surface area contributed by atoms with Crippen LogP contribution in [0.15, 0.2) is 18.2 Å². The summed E-state index contributed by atoms with van der Waals surface area (Å²) in [4.78, 5) is 13.9. The average Bonchev–Trinajstić information content (AvgIpc) is 2.42. The van der Waals surface area contributed by atoms with Gasteiger partial charge in [-0.15, -0.1) is 0 Å². The SMILES string of the molecule is COCC1CCN(C(=O)c2cc(F)ccc2O)CC1. The number of benzene rings is 1. The summed E-state index contributed by atoms with van der Waals surface area (Å²) in [5.41, 5.74) is 0.0326. The Bertz CT molecular complexity index is 456. The zero-order valence-electron chi connectivity index (χ0n) is 10.9. The molecule has 1 saturated heterocycles. The fourth-order valence-corrected chi connectivity index (χ4v) is 2.39. The highest BCUT2D eigenvalue weighted by atomic mass is 19.1. The van der Waals surface area contributed by atoms with E-state index in [0.29, 0.717) is 25.6 Å². The summed E-state index contributed by atoms with van der Waals surface area (Å²) in [5, 5.41) is 9.64. The Morgan fingerprint density at radius 3 is 2.79 bits per heavy atom. The van der Waals surface area contributed by atoms with Crippen molar-refractivity contribution in [1.29, 1.82) is 0 Å². The van der Waals surface area contributed by atoms with Crippen molar-refractivity contribution < 1.29 is 19.0 Å². The maximum atomic E-state index is 13.1. The van der Waals surface area contributed by atoms with Gasteiger partial charge in [-0.1, -0.05) is 0 Å². The van der Waals surface area contributed by atoms with Crippen LogP contribution in [0.4, 0.5) is 4.39 Å². The molecule has 0 radical (unpaired) electrons. The highest BCUT2D eigenvalue weighted by molar-refractivity contribution is 5.96. The van der Waals surface area contributed by atoms with Crippen molar-refractivity contribution in [3.05, 3.63) is 29.6 Å². The molecule has 1 amide bonds. The van der Waals surface area contributed by atoms with Gasteiger partial charge in [-0.05, 0) is 37.0 Å². The first-order valence-electron chi connectivity index (χ1n) is 6.38. The van der Waals surface area contributed by atoms with Crippen LogP contribution in [0.1, 0.15) is 23.2 Å². The molecule has 1 aliphatic rings. The number of phenolic OH excluding ortho intramolecular Hbond substituents is 1. The molecule has 1 aromatic rings. The lowest BCUT2D eigenvalue weighted by Gasteiger charge is -2.31. The minimum absolute atomic E-state index is 0.0326. The minimum atomic E-state index is -0.518. The van der Waals surface area contributed by atoms with Crippen LogP contribution in [0, 0.1) is 11.7 Å². The molecular weight excluding hydrogens is 249 g/mol. The topological polar surface area (TPSA) is 49.8 Å². The molecule has 0 spiro atoms. The average molecular weight is 267 g/mol. The van der Waals surface area contributed by atoms with Crippen LogP contribution in [-0.4, -0.2) is 42.7 Å². The maximum absolute atomic E-state index is 13.1. The molecule has 0 aromatic heterocycles. The molecule has 104 valence electrons. The quantitative estimate of drug-likeness (QED) is 0.911. The summed E-state index contributed by atoms with van der Waals surface area (Å²) in [6.07, 6.45) is 1.74. The first-order chi connectivity index (χ1) is 9.11. The standard InChI is InChI=1S/C14H18FNO3/c1-19-9-10-4-6-16(7-5-10)14(18)12-8-11(15)2-3-13(12)17/h2-3,8,10,17H,4-7,9H2,1H3.